The number of ether oxygens (including phenoxy) is 2. The molecule has 0 N–H and O–H groups in total. The van der Waals surface area contributed by atoms with Crippen LogP contribution >= 0.6 is 11.3 Å². The Morgan fingerprint density at radius 2 is 2.09 bits per heavy atom. The van der Waals surface area contributed by atoms with Gasteiger partial charge in [0.15, 0.2) is 0 Å². The Kier molecular flexibility index (Phi) is 4.33. The van der Waals surface area contributed by atoms with Crippen molar-refractivity contribution in [2.45, 2.75) is 63.7 Å². The quantitative estimate of drug-likeness (QED) is 0.853. The molecule has 0 bridgehead atoms. The summed E-state index contributed by atoms with van der Waals surface area (Å²) in [7, 11) is 0. The number of hydrogen-bond acceptors (Lipinski definition) is 6. The predicted molar refractivity (Wildman–Crippen MR) is 86.5 cm³/mol. The van der Waals surface area contributed by atoms with Gasteiger partial charge in [-0.3, -0.25) is 0 Å². The molecule has 1 aromatic rings. The van der Waals surface area contributed by atoms with Crippen molar-refractivity contribution in [3.05, 3.63) is 5.01 Å². The van der Waals surface area contributed by atoms with E-state index in [9.17, 15) is 0 Å². The van der Waals surface area contributed by atoms with E-state index in [2.05, 4.69) is 15.1 Å². The molecule has 2 aliphatic heterocycles. The standard InChI is InChI=1S/C16H25N3O2S/c1-11-17-18-16(22-11)19-9-14(15-13(19)7-4-8-20-15)21-10-12-5-2-3-6-12/h12-15H,2-10H2,1H3/t13-,14+,15+/m1/s1. The van der Waals surface area contributed by atoms with Gasteiger partial charge < -0.3 is 14.4 Å². The molecule has 0 radical (unpaired) electrons. The summed E-state index contributed by atoms with van der Waals surface area (Å²) in [5, 5.41) is 10.6. The lowest BCUT2D eigenvalue weighted by Gasteiger charge is -2.31. The van der Waals surface area contributed by atoms with Crippen LogP contribution in [0.5, 0.6) is 0 Å². The second-order valence-corrected chi connectivity index (χ2v) is 7.98. The molecule has 1 aliphatic carbocycles. The fourth-order valence-electron chi connectivity index (χ4n) is 4.12. The fraction of sp³-hybridized carbons (Fsp3) is 0.875. The van der Waals surface area contributed by atoms with Crippen molar-refractivity contribution >= 4 is 16.5 Å². The van der Waals surface area contributed by atoms with Crippen LogP contribution in [0.1, 0.15) is 43.5 Å². The first-order chi connectivity index (χ1) is 10.8. The number of nitrogens with zero attached hydrogens (tertiary/aromatic N) is 3. The maximum absolute atomic E-state index is 6.30. The SMILES string of the molecule is Cc1nnc(N2C[C@H](OCC3CCCC3)[C@H]3OCCC[C@H]32)s1. The van der Waals surface area contributed by atoms with E-state index in [0.29, 0.717) is 6.04 Å². The van der Waals surface area contributed by atoms with Crippen molar-refractivity contribution in [1.82, 2.24) is 10.2 Å². The molecule has 6 heteroatoms. The van der Waals surface area contributed by atoms with Crippen LogP contribution in [0.2, 0.25) is 0 Å². The van der Waals surface area contributed by atoms with Gasteiger partial charge in [-0.05, 0) is 38.5 Å². The molecule has 0 aromatic carbocycles. The molecule has 1 aromatic heterocycles. The van der Waals surface area contributed by atoms with Crippen LogP contribution in [0.4, 0.5) is 5.13 Å². The summed E-state index contributed by atoms with van der Waals surface area (Å²) < 4.78 is 12.4. The van der Waals surface area contributed by atoms with Crippen LogP contribution < -0.4 is 4.90 Å². The van der Waals surface area contributed by atoms with Crippen molar-refractivity contribution in [3.8, 4) is 0 Å². The highest BCUT2D eigenvalue weighted by molar-refractivity contribution is 7.15. The molecule has 22 heavy (non-hydrogen) atoms. The minimum atomic E-state index is 0.190. The third kappa shape index (κ3) is 2.88. The minimum absolute atomic E-state index is 0.190. The smallest absolute Gasteiger partial charge is 0.208 e. The molecule has 3 heterocycles. The molecule has 4 rings (SSSR count). The van der Waals surface area contributed by atoms with Gasteiger partial charge in [-0.25, -0.2) is 0 Å². The van der Waals surface area contributed by atoms with Crippen LogP contribution in [-0.2, 0) is 9.47 Å². The summed E-state index contributed by atoms with van der Waals surface area (Å²) in [6.45, 7) is 4.69. The van der Waals surface area contributed by atoms with E-state index >= 15 is 0 Å². The number of anilines is 1. The summed E-state index contributed by atoms with van der Waals surface area (Å²) in [5.74, 6) is 0.764. The summed E-state index contributed by atoms with van der Waals surface area (Å²) in [4.78, 5) is 2.38. The third-order valence-electron chi connectivity index (χ3n) is 5.26. The largest absolute Gasteiger partial charge is 0.373 e. The highest BCUT2D eigenvalue weighted by Crippen LogP contribution is 2.36. The first-order valence-electron chi connectivity index (χ1n) is 8.61. The maximum atomic E-state index is 6.30. The second-order valence-electron chi connectivity index (χ2n) is 6.82. The normalized spacial score (nSPS) is 32.6. The van der Waals surface area contributed by atoms with Gasteiger partial charge >= 0.3 is 0 Å². The lowest BCUT2D eigenvalue weighted by atomic mass is 10.0. The lowest BCUT2D eigenvalue weighted by molar-refractivity contribution is -0.0796. The average molecular weight is 323 g/mol. The molecule has 3 aliphatic rings. The first kappa shape index (κ1) is 14.8. The zero-order chi connectivity index (χ0) is 14.9. The molecule has 0 amide bonds. The topological polar surface area (TPSA) is 47.5 Å². The number of hydrogen-bond donors (Lipinski definition) is 0. The van der Waals surface area contributed by atoms with Crippen molar-refractivity contribution in [2.75, 3.05) is 24.7 Å². The van der Waals surface area contributed by atoms with Gasteiger partial charge in [0.2, 0.25) is 5.13 Å². The van der Waals surface area contributed by atoms with Gasteiger partial charge in [0.05, 0.1) is 6.04 Å². The van der Waals surface area contributed by atoms with Gasteiger partial charge in [-0.15, -0.1) is 10.2 Å². The number of aromatic nitrogens is 2. The van der Waals surface area contributed by atoms with Crippen LogP contribution in [0.3, 0.4) is 0 Å². The zero-order valence-corrected chi connectivity index (χ0v) is 14.1. The van der Waals surface area contributed by atoms with E-state index in [1.807, 2.05) is 6.92 Å². The molecule has 5 nitrogen and oxygen atoms in total. The number of fused-ring (bicyclic) bond motifs is 1. The Morgan fingerprint density at radius 3 is 2.86 bits per heavy atom. The zero-order valence-electron chi connectivity index (χ0n) is 13.2. The molecule has 0 spiro atoms. The van der Waals surface area contributed by atoms with Crippen molar-refractivity contribution < 1.29 is 9.47 Å². The van der Waals surface area contributed by atoms with E-state index in [4.69, 9.17) is 9.47 Å². The Hall–Kier alpha value is -0.720. The van der Waals surface area contributed by atoms with E-state index in [1.165, 1.54) is 32.1 Å². The molecule has 2 saturated heterocycles. The molecule has 3 atom stereocenters. The molecular formula is C16H25N3O2S. The molecule has 0 unspecified atom stereocenters. The van der Waals surface area contributed by atoms with Crippen molar-refractivity contribution in [1.29, 1.82) is 0 Å². The van der Waals surface area contributed by atoms with Crippen LogP contribution in [0.25, 0.3) is 0 Å². The third-order valence-corrected chi connectivity index (χ3v) is 6.13. The summed E-state index contributed by atoms with van der Waals surface area (Å²) in [6.07, 6.45) is 8.11. The molecule has 1 saturated carbocycles. The minimum Gasteiger partial charge on any atom is -0.373 e. The number of rotatable bonds is 4. The first-order valence-corrected chi connectivity index (χ1v) is 9.43. The summed E-state index contributed by atoms with van der Waals surface area (Å²) in [5.41, 5.74) is 0. The van der Waals surface area contributed by atoms with E-state index in [1.54, 1.807) is 11.3 Å². The number of aryl methyl sites for hydroxylation is 1. The highest BCUT2D eigenvalue weighted by atomic mass is 32.1. The fourth-order valence-corrected chi connectivity index (χ4v) is 4.87. The molecule has 122 valence electrons. The van der Waals surface area contributed by atoms with E-state index in [0.717, 1.165) is 42.2 Å². The molecule has 3 fully saturated rings. The lowest BCUT2D eigenvalue weighted by Crippen LogP contribution is -2.42. The summed E-state index contributed by atoms with van der Waals surface area (Å²) >= 11 is 1.68. The van der Waals surface area contributed by atoms with Gasteiger partial charge in [-0.2, -0.15) is 0 Å². The van der Waals surface area contributed by atoms with Gasteiger partial charge in [0, 0.05) is 19.8 Å². The van der Waals surface area contributed by atoms with Crippen molar-refractivity contribution in [2.24, 2.45) is 5.92 Å². The Morgan fingerprint density at radius 1 is 1.23 bits per heavy atom. The van der Waals surface area contributed by atoms with Crippen LogP contribution in [-0.4, -0.2) is 48.2 Å². The highest BCUT2D eigenvalue weighted by Gasteiger charge is 2.46. The maximum Gasteiger partial charge on any atom is 0.208 e. The van der Waals surface area contributed by atoms with E-state index < -0.39 is 0 Å². The van der Waals surface area contributed by atoms with Gasteiger partial charge in [0.25, 0.3) is 0 Å². The second kappa shape index (κ2) is 6.42. The van der Waals surface area contributed by atoms with Gasteiger partial charge in [-0.1, -0.05) is 24.2 Å². The summed E-state index contributed by atoms with van der Waals surface area (Å²) in [6, 6.07) is 0.412. The average Bonchev–Trinajstić information content (AvgIpc) is 3.24. The van der Waals surface area contributed by atoms with Gasteiger partial charge in [0.1, 0.15) is 17.2 Å². The Labute approximate surface area is 136 Å². The monoisotopic (exact) mass is 323 g/mol. The van der Waals surface area contributed by atoms with E-state index in [-0.39, 0.29) is 12.2 Å². The molecular weight excluding hydrogens is 298 g/mol. The van der Waals surface area contributed by atoms with Crippen LogP contribution in [0.15, 0.2) is 0 Å². The van der Waals surface area contributed by atoms with Crippen LogP contribution in [0, 0.1) is 12.8 Å². The van der Waals surface area contributed by atoms with Crippen molar-refractivity contribution in [3.63, 3.8) is 0 Å². The Balaban J connectivity index is 1.45. The predicted octanol–water partition coefficient (Wildman–Crippen LogP) is 2.79. The Bertz CT molecular complexity index is 503.